The van der Waals surface area contributed by atoms with Crippen LogP contribution in [-0.4, -0.2) is 39.0 Å². The summed E-state index contributed by atoms with van der Waals surface area (Å²) >= 11 is 6.82. The smallest absolute Gasteiger partial charge is 0.251 e. The van der Waals surface area contributed by atoms with Gasteiger partial charge in [-0.15, -0.1) is 11.3 Å². The van der Waals surface area contributed by atoms with Crippen LogP contribution >= 0.6 is 23.6 Å². The fourth-order valence-electron chi connectivity index (χ4n) is 2.66. The maximum absolute atomic E-state index is 12.3. The Hall–Kier alpha value is -3.31. The maximum Gasteiger partial charge on any atom is 0.251 e. The fourth-order valence-corrected chi connectivity index (χ4v) is 3.61. The van der Waals surface area contributed by atoms with Crippen LogP contribution in [0.25, 0.3) is 10.7 Å². The maximum atomic E-state index is 12.3. The fraction of sp³-hybridized carbons (Fsp3) is 0.211. The molecule has 0 aliphatic heterocycles. The van der Waals surface area contributed by atoms with E-state index < -0.39 is 5.91 Å². The van der Waals surface area contributed by atoms with Gasteiger partial charge in [-0.1, -0.05) is 18.2 Å². The lowest BCUT2D eigenvalue weighted by molar-refractivity contribution is -0.121. The van der Waals surface area contributed by atoms with Crippen molar-refractivity contribution in [3.05, 3.63) is 57.7 Å². The molecule has 2 heterocycles. The molecule has 0 spiro atoms. The standard InChI is InChI=1S/C19H20N6O3S2/c20-15(26)11-22-18(28)13-5-3-12(4-6-13)10-21-16(27)7-8-25-17(23-24-19(25)29)14-2-1-9-30-14/h1-6,9H,7-8,10-11H2,(H2,20,26)(H,21,27)(H,22,28)(H,24,29). The Balaban J connectivity index is 1.50. The summed E-state index contributed by atoms with van der Waals surface area (Å²) in [5.74, 6) is -0.406. The molecule has 3 amide bonds. The lowest BCUT2D eigenvalue weighted by Crippen LogP contribution is -2.33. The third-order valence-electron chi connectivity index (χ3n) is 4.19. The van der Waals surface area contributed by atoms with E-state index in [9.17, 15) is 14.4 Å². The Kier molecular flexibility index (Phi) is 7.09. The number of thiophene rings is 1. The lowest BCUT2D eigenvalue weighted by Gasteiger charge is -2.08. The molecule has 0 radical (unpaired) electrons. The molecule has 1 aromatic carbocycles. The number of hydrogen-bond acceptors (Lipinski definition) is 6. The first-order chi connectivity index (χ1) is 14.4. The van der Waals surface area contributed by atoms with Crippen LogP contribution in [0.5, 0.6) is 0 Å². The number of carbonyl (C=O) groups excluding carboxylic acids is 3. The Morgan fingerprint density at radius 1 is 1.17 bits per heavy atom. The molecule has 156 valence electrons. The first-order valence-corrected chi connectivity index (χ1v) is 10.3. The summed E-state index contributed by atoms with van der Waals surface area (Å²) in [5.41, 5.74) is 6.25. The van der Waals surface area contributed by atoms with Crippen molar-refractivity contribution < 1.29 is 14.4 Å². The molecule has 9 nitrogen and oxygen atoms in total. The van der Waals surface area contributed by atoms with Crippen LogP contribution in [0.3, 0.4) is 0 Å². The summed E-state index contributed by atoms with van der Waals surface area (Å²) in [6.45, 7) is 0.523. The molecule has 5 N–H and O–H groups in total. The number of nitrogens with zero attached hydrogens (tertiary/aromatic N) is 2. The molecule has 3 aromatic rings. The van der Waals surface area contributed by atoms with Crippen LogP contribution in [0.15, 0.2) is 41.8 Å². The molecule has 0 saturated heterocycles. The van der Waals surface area contributed by atoms with E-state index in [1.54, 1.807) is 40.2 Å². The van der Waals surface area contributed by atoms with E-state index in [0.717, 1.165) is 10.4 Å². The van der Waals surface area contributed by atoms with Crippen molar-refractivity contribution in [1.29, 1.82) is 0 Å². The third kappa shape index (κ3) is 5.61. The minimum Gasteiger partial charge on any atom is -0.368 e. The summed E-state index contributed by atoms with van der Waals surface area (Å²) in [6.07, 6.45) is 0.250. The molecule has 0 aliphatic carbocycles. The predicted molar refractivity (Wildman–Crippen MR) is 115 cm³/mol. The number of aromatic nitrogens is 3. The lowest BCUT2D eigenvalue weighted by atomic mass is 10.1. The quantitative estimate of drug-likeness (QED) is 0.372. The number of carbonyl (C=O) groups is 3. The summed E-state index contributed by atoms with van der Waals surface area (Å²) in [4.78, 5) is 35.8. The number of primary amides is 1. The van der Waals surface area contributed by atoms with Gasteiger partial charge < -0.3 is 16.4 Å². The largest absolute Gasteiger partial charge is 0.368 e. The number of aromatic amines is 1. The topological polar surface area (TPSA) is 135 Å². The van der Waals surface area contributed by atoms with Gasteiger partial charge in [0, 0.05) is 25.1 Å². The number of nitrogens with one attached hydrogen (secondary N) is 3. The number of nitrogens with two attached hydrogens (primary N) is 1. The summed E-state index contributed by atoms with van der Waals surface area (Å²) in [7, 11) is 0. The van der Waals surface area contributed by atoms with E-state index in [0.29, 0.717) is 29.2 Å². The van der Waals surface area contributed by atoms with Crippen LogP contribution in [0.4, 0.5) is 0 Å². The van der Waals surface area contributed by atoms with Gasteiger partial charge in [-0.05, 0) is 41.4 Å². The highest BCUT2D eigenvalue weighted by Crippen LogP contribution is 2.22. The van der Waals surface area contributed by atoms with Gasteiger partial charge in [0.15, 0.2) is 10.6 Å². The Morgan fingerprint density at radius 2 is 1.93 bits per heavy atom. The molecule has 0 bridgehead atoms. The monoisotopic (exact) mass is 444 g/mol. The Morgan fingerprint density at radius 3 is 2.60 bits per heavy atom. The normalized spacial score (nSPS) is 10.5. The Labute approximate surface area is 181 Å². The van der Waals surface area contributed by atoms with E-state index in [1.807, 2.05) is 17.5 Å². The van der Waals surface area contributed by atoms with Crippen molar-refractivity contribution in [2.75, 3.05) is 6.54 Å². The third-order valence-corrected chi connectivity index (χ3v) is 5.37. The van der Waals surface area contributed by atoms with Crippen LogP contribution in [0, 0.1) is 4.77 Å². The molecule has 30 heavy (non-hydrogen) atoms. The van der Waals surface area contributed by atoms with E-state index in [-0.39, 0.29) is 24.8 Å². The van der Waals surface area contributed by atoms with Gasteiger partial charge in [0.05, 0.1) is 11.4 Å². The highest BCUT2D eigenvalue weighted by atomic mass is 32.1. The minimum atomic E-state index is -0.609. The number of rotatable bonds is 9. The summed E-state index contributed by atoms with van der Waals surface area (Å²) in [6, 6.07) is 10.6. The van der Waals surface area contributed by atoms with Crippen molar-refractivity contribution >= 4 is 41.3 Å². The first kappa shape index (κ1) is 21.4. The number of hydrogen-bond donors (Lipinski definition) is 4. The van der Waals surface area contributed by atoms with Gasteiger partial charge in [-0.3, -0.25) is 24.0 Å². The zero-order valence-electron chi connectivity index (χ0n) is 15.9. The second kappa shape index (κ2) is 9.94. The van der Waals surface area contributed by atoms with Gasteiger partial charge in [-0.2, -0.15) is 5.10 Å². The van der Waals surface area contributed by atoms with Crippen LogP contribution in [-0.2, 0) is 22.7 Å². The van der Waals surface area contributed by atoms with Crippen LogP contribution in [0.2, 0.25) is 0 Å². The second-order valence-electron chi connectivity index (χ2n) is 6.35. The number of benzene rings is 1. The van der Waals surface area contributed by atoms with Gasteiger partial charge in [0.1, 0.15) is 0 Å². The van der Waals surface area contributed by atoms with Gasteiger partial charge in [0.25, 0.3) is 5.91 Å². The second-order valence-corrected chi connectivity index (χ2v) is 7.69. The molecule has 0 fully saturated rings. The van der Waals surface area contributed by atoms with Crippen LogP contribution < -0.4 is 16.4 Å². The number of amides is 3. The molecule has 2 aromatic heterocycles. The van der Waals surface area contributed by atoms with E-state index in [2.05, 4.69) is 20.8 Å². The zero-order chi connectivity index (χ0) is 21.5. The SMILES string of the molecule is NC(=O)CNC(=O)c1ccc(CNC(=O)CCn2c(-c3cccs3)n[nH]c2=S)cc1. The first-order valence-electron chi connectivity index (χ1n) is 9.05. The minimum absolute atomic E-state index is 0.126. The van der Waals surface area contributed by atoms with Crippen molar-refractivity contribution in [1.82, 2.24) is 25.4 Å². The summed E-state index contributed by atoms with van der Waals surface area (Å²) in [5, 5.41) is 14.2. The average Bonchev–Trinajstić information content (AvgIpc) is 3.39. The van der Waals surface area contributed by atoms with Crippen molar-refractivity contribution in [3.8, 4) is 10.7 Å². The van der Waals surface area contributed by atoms with Gasteiger partial charge in [-0.25, -0.2) is 0 Å². The molecule has 0 atom stereocenters. The highest BCUT2D eigenvalue weighted by molar-refractivity contribution is 7.71. The van der Waals surface area contributed by atoms with Crippen LogP contribution in [0.1, 0.15) is 22.3 Å². The molecule has 3 rings (SSSR count). The van der Waals surface area contributed by atoms with E-state index in [4.69, 9.17) is 18.0 Å². The van der Waals surface area contributed by atoms with Crippen molar-refractivity contribution in [3.63, 3.8) is 0 Å². The average molecular weight is 445 g/mol. The molecule has 0 unspecified atom stereocenters. The Bertz CT molecular complexity index is 1090. The summed E-state index contributed by atoms with van der Waals surface area (Å²) < 4.78 is 2.27. The van der Waals surface area contributed by atoms with Gasteiger partial charge >= 0.3 is 0 Å². The molecular formula is C19H20N6O3S2. The van der Waals surface area contributed by atoms with Crippen molar-refractivity contribution in [2.24, 2.45) is 5.73 Å². The predicted octanol–water partition coefficient (Wildman–Crippen LogP) is 1.59. The van der Waals surface area contributed by atoms with E-state index in [1.165, 1.54) is 0 Å². The zero-order valence-corrected chi connectivity index (χ0v) is 17.5. The van der Waals surface area contributed by atoms with Crippen molar-refractivity contribution in [2.45, 2.75) is 19.5 Å². The molecule has 0 saturated carbocycles. The van der Waals surface area contributed by atoms with E-state index >= 15 is 0 Å². The number of H-pyrrole nitrogens is 1. The highest BCUT2D eigenvalue weighted by Gasteiger charge is 2.12. The van der Waals surface area contributed by atoms with Gasteiger partial charge in [0.2, 0.25) is 11.8 Å². The molecule has 11 heteroatoms. The molecular weight excluding hydrogens is 424 g/mol. The molecule has 0 aliphatic rings.